The first-order valence-electron chi connectivity index (χ1n) is 9.71. The van der Waals surface area contributed by atoms with Crippen molar-refractivity contribution >= 4 is 28.6 Å². The summed E-state index contributed by atoms with van der Waals surface area (Å²) in [6.45, 7) is 2.85. The summed E-state index contributed by atoms with van der Waals surface area (Å²) < 4.78 is 2.39. The molecule has 0 aliphatic heterocycles. The van der Waals surface area contributed by atoms with Gasteiger partial charge in [0.25, 0.3) is 0 Å². The predicted molar refractivity (Wildman–Crippen MR) is 110 cm³/mol. The minimum absolute atomic E-state index is 0.582. The van der Waals surface area contributed by atoms with Crippen LogP contribution in [-0.4, -0.2) is 37.5 Å². The molecule has 0 bridgehead atoms. The molecule has 7 heteroatoms. The van der Waals surface area contributed by atoms with Gasteiger partial charge in [-0.2, -0.15) is 0 Å². The van der Waals surface area contributed by atoms with Crippen molar-refractivity contribution in [3.8, 4) is 0 Å². The zero-order valence-corrected chi connectivity index (χ0v) is 16.8. The van der Waals surface area contributed by atoms with E-state index in [1.54, 1.807) is 11.8 Å². The van der Waals surface area contributed by atoms with E-state index in [1.807, 2.05) is 31.2 Å². The van der Waals surface area contributed by atoms with Crippen LogP contribution in [0.3, 0.4) is 0 Å². The van der Waals surface area contributed by atoms with Crippen LogP contribution in [-0.2, 0) is 6.42 Å². The number of aryl methyl sites for hydroxylation is 2. The molecule has 0 atom stereocenters. The maximum absolute atomic E-state index is 4.71. The van der Waals surface area contributed by atoms with Crippen molar-refractivity contribution in [3.05, 3.63) is 35.8 Å². The lowest BCUT2D eigenvalue weighted by molar-refractivity contribution is 0.461. The Morgan fingerprint density at radius 3 is 2.59 bits per heavy atom. The van der Waals surface area contributed by atoms with Crippen LogP contribution in [0, 0.1) is 6.92 Å². The molecule has 0 unspecified atom stereocenters. The number of benzene rings is 1. The number of thioether (sulfide) groups is 1. The third kappa shape index (κ3) is 3.93. The van der Waals surface area contributed by atoms with E-state index in [0.717, 1.165) is 52.9 Å². The van der Waals surface area contributed by atoms with E-state index in [-0.39, 0.29) is 0 Å². The van der Waals surface area contributed by atoms with Crippen LogP contribution in [0.2, 0.25) is 0 Å². The fourth-order valence-corrected chi connectivity index (χ4v) is 4.43. The van der Waals surface area contributed by atoms with Crippen molar-refractivity contribution in [2.75, 3.05) is 18.1 Å². The molecule has 0 spiro atoms. The Kier molecular flexibility index (Phi) is 5.57. The Hall–Kier alpha value is -2.15. The summed E-state index contributed by atoms with van der Waals surface area (Å²) in [5.74, 6) is 1.99. The Balaban J connectivity index is 1.39. The van der Waals surface area contributed by atoms with Gasteiger partial charge >= 0.3 is 0 Å². The first-order valence-corrected chi connectivity index (χ1v) is 10.9. The maximum Gasteiger partial charge on any atom is 0.191 e. The van der Waals surface area contributed by atoms with Crippen LogP contribution in [0.1, 0.15) is 49.7 Å². The van der Waals surface area contributed by atoms with E-state index in [2.05, 4.69) is 31.3 Å². The van der Waals surface area contributed by atoms with E-state index in [0.29, 0.717) is 6.04 Å². The summed E-state index contributed by atoms with van der Waals surface area (Å²) >= 11 is 1.70. The molecule has 1 aromatic carbocycles. The van der Waals surface area contributed by atoms with Crippen molar-refractivity contribution in [1.82, 2.24) is 24.7 Å². The minimum Gasteiger partial charge on any atom is -0.369 e. The number of anilines is 1. The van der Waals surface area contributed by atoms with Crippen molar-refractivity contribution < 1.29 is 0 Å². The quantitative estimate of drug-likeness (QED) is 0.482. The number of nitrogens with zero attached hydrogens (tertiary/aromatic N) is 5. The Morgan fingerprint density at radius 2 is 1.85 bits per heavy atom. The van der Waals surface area contributed by atoms with Crippen molar-refractivity contribution in [1.29, 1.82) is 0 Å². The molecule has 1 saturated carbocycles. The lowest BCUT2D eigenvalue weighted by Gasteiger charge is -2.16. The molecular formula is C20H26N6S. The molecule has 1 N–H and O–H groups in total. The second-order valence-electron chi connectivity index (χ2n) is 7.09. The Bertz CT molecular complexity index is 916. The molecule has 4 rings (SSSR count). The summed E-state index contributed by atoms with van der Waals surface area (Å²) in [6, 6.07) is 8.57. The van der Waals surface area contributed by atoms with Crippen LogP contribution in [0.4, 0.5) is 5.82 Å². The molecule has 142 valence electrons. The molecule has 2 aromatic heterocycles. The molecule has 2 heterocycles. The molecular weight excluding hydrogens is 356 g/mol. The van der Waals surface area contributed by atoms with Crippen LogP contribution in [0.15, 0.2) is 29.4 Å². The third-order valence-electron chi connectivity index (χ3n) is 5.22. The molecule has 0 amide bonds. The number of nitrogens with one attached hydrogen (secondary N) is 1. The number of hydrogen-bond donors (Lipinski definition) is 1. The van der Waals surface area contributed by atoms with Gasteiger partial charge in [0.05, 0.1) is 16.7 Å². The van der Waals surface area contributed by atoms with Gasteiger partial charge in [-0.05, 0) is 44.6 Å². The SMILES string of the molecule is CSc1nnc(CCCNc2nc3ccccc3nc2C)n1C1CCCC1. The molecule has 27 heavy (non-hydrogen) atoms. The second kappa shape index (κ2) is 8.25. The second-order valence-corrected chi connectivity index (χ2v) is 7.86. The fourth-order valence-electron chi connectivity index (χ4n) is 3.86. The van der Waals surface area contributed by atoms with Gasteiger partial charge in [0, 0.05) is 19.0 Å². The first-order chi connectivity index (χ1) is 13.3. The Labute approximate surface area is 164 Å². The molecule has 0 saturated heterocycles. The van der Waals surface area contributed by atoms with Gasteiger partial charge in [-0.25, -0.2) is 9.97 Å². The van der Waals surface area contributed by atoms with Crippen LogP contribution in [0.5, 0.6) is 0 Å². The van der Waals surface area contributed by atoms with Crippen LogP contribution < -0.4 is 5.32 Å². The monoisotopic (exact) mass is 382 g/mol. The zero-order valence-electron chi connectivity index (χ0n) is 16.0. The highest BCUT2D eigenvalue weighted by Gasteiger charge is 2.23. The number of rotatable bonds is 7. The normalized spacial score (nSPS) is 14.9. The third-order valence-corrected chi connectivity index (χ3v) is 5.87. The predicted octanol–water partition coefficient (Wildman–Crippen LogP) is 4.41. The highest BCUT2D eigenvalue weighted by molar-refractivity contribution is 7.98. The molecule has 1 fully saturated rings. The van der Waals surface area contributed by atoms with Crippen molar-refractivity contribution in [2.45, 2.75) is 56.6 Å². The van der Waals surface area contributed by atoms with Gasteiger partial charge in [-0.15, -0.1) is 10.2 Å². The first kappa shape index (κ1) is 18.2. The van der Waals surface area contributed by atoms with E-state index >= 15 is 0 Å². The lowest BCUT2D eigenvalue weighted by Crippen LogP contribution is -2.13. The molecule has 1 aliphatic rings. The highest BCUT2D eigenvalue weighted by atomic mass is 32.2. The number of aromatic nitrogens is 5. The number of fused-ring (bicyclic) bond motifs is 1. The molecule has 0 radical (unpaired) electrons. The molecule has 1 aliphatic carbocycles. The number of hydrogen-bond acceptors (Lipinski definition) is 6. The maximum atomic E-state index is 4.71. The largest absolute Gasteiger partial charge is 0.369 e. The van der Waals surface area contributed by atoms with E-state index in [9.17, 15) is 0 Å². The van der Waals surface area contributed by atoms with E-state index in [4.69, 9.17) is 4.98 Å². The van der Waals surface area contributed by atoms with Gasteiger partial charge in [0.15, 0.2) is 5.16 Å². The molecule has 3 aromatic rings. The minimum atomic E-state index is 0.582. The summed E-state index contributed by atoms with van der Waals surface area (Å²) in [5.41, 5.74) is 2.80. The fraction of sp³-hybridized carbons (Fsp3) is 0.500. The van der Waals surface area contributed by atoms with Gasteiger partial charge in [-0.1, -0.05) is 36.7 Å². The van der Waals surface area contributed by atoms with Gasteiger partial charge in [-0.3, -0.25) is 0 Å². The molecule has 6 nitrogen and oxygen atoms in total. The van der Waals surface area contributed by atoms with Crippen LogP contribution in [0.25, 0.3) is 11.0 Å². The van der Waals surface area contributed by atoms with Crippen LogP contribution >= 0.6 is 11.8 Å². The number of para-hydroxylation sites is 2. The average Bonchev–Trinajstić information content (AvgIpc) is 3.34. The van der Waals surface area contributed by atoms with Gasteiger partial charge < -0.3 is 9.88 Å². The summed E-state index contributed by atoms with van der Waals surface area (Å²) in [4.78, 5) is 9.35. The standard InChI is InChI=1S/C20H26N6S/c1-14-19(23-17-11-6-5-10-16(17)22-14)21-13-7-12-18-24-25-20(27-2)26(18)15-8-3-4-9-15/h5-6,10-11,15H,3-4,7-9,12-13H2,1-2H3,(H,21,23). The highest BCUT2D eigenvalue weighted by Crippen LogP contribution is 2.33. The summed E-state index contributed by atoms with van der Waals surface area (Å²) in [7, 11) is 0. The smallest absolute Gasteiger partial charge is 0.191 e. The Morgan fingerprint density at radius 1 is 1.11 bits per heavy atom. The summed E-state index contributed by atoms with van der Waals surface area (Å²) in [5, 5.41) is 13.4. The van der Waals surface area contributed by atoms with E-state index in [1.165, 1.54) is 25.7 Å². The van der Waals surface area contributed by atoms with Gasteiger partial charge in [0.1, 0.15) is 11.6 Å². The van der Waals surface area contributed by atoms with Gasteiger partial charge in [0.2, 0.25) is 0 Å². The summed E-state index contributed by atoms with van der Waals surface area (Å²) in [6.07, 6.45) is 9.15. The lowest BCUT2D eigenvalue weighted by atomic mass is 10.2. The van der Waals surface area contributed by atoms with Crippen molar-refractivity contribution in [2.24, 2.45) is 0 Å². The topological polar surface area (TPSA) is 68.5 Å². The average molecular weight is 383 g/mol. The zero-order chi connectivity index (χ0) is 18.6. The van der Waals surface area contributed by atoms with Crippen molar-refractivity contribution in [3.63, 3.8) is 0 Å². The van der Waals surface area contributed by atoms with E-state index < -0.39 is 0 Å².